The van der Waals surface area contributed by atoms with Gasteiger partial charge in [-0.15, -0.1) is 0 Å². The molecule has 9 aromatic carbocycles. The van der Waals surface area contributed by atoms with Gasteiger partial charge in [-0.25, -0.2) is 0 Å². The number of hydrogen-bond acceptors (Lipinski definition) is 2. The molecule has 0 amide bonds. The molecule has 0 fully saturated rings. The molecule has 0 N–H and O–H groups in total. The molecule has 0 aliphatic rings. The minimum absolute atomic E-state index is 0.782. The van der Waals surface area contributed by atoms with Gasteiger partial charge in [-0.2, -0.15) is 0 Å². The van der Waals surface area contributed by atoms with E-state index in [0.717, 1.165) is 43.4 Å². The molecular weight excluding hydrogens is 615 g/mol. The highest BCUT2D eigenvalue weighted by atomic mass is 31.2. The minimum atomic E-state index is -3.15. The van der Waals surface area contributed by atoms with Crippen LogP contribution in [0.1, 0.15) is 0 Å². The molecule has 2 nitrogen and oxygen atoms in total. The average molecular weight is 645 g/mol. The fourth-order valence-corrected chi connectivity index (χ4v) is 10.4. The van der Waals surface area contributed by atoms with Gasteiger partial charge in [-0.3, -0.25) is 0 Å². The Bertz CT molecular complexity index is 2920. The van der Waals surface area contributed by atoms with E-state index in [1.807, 2.05) is 72.8 Å². The molecule has 0 atom stereocenters. The van der Waals surface area contributed by atoms with E-state index in [2.05, 4.69) is 103 Å². The highest BCUT2D eigenvalue weighted by Gasteiger charge is 2.30. The number of fused-ring (bicyclic) bond motifs is 10. The summed E-state index contributed by atoms with van der Waals surface area (Å²) in [5.41, 5.74) is 3.89. The second kappa shape index (κ2) is 10.8. The second-order valence-corrected chi connectivity index (χ2v) is 15.6. The van der Waals surface area contributed by atoms with Crippen molar-refractivity contribution in [3.8, 4) is 11.1 Å². The van der Waals surface area contributed by atoms with Crippen molar-refractivity contribution >= 4 is 88.1 Å². The third-order valence-electron chi connectivity index (χ3n) is 10.1. The molecule has 1 aromatic heterocycles. The maximum Gasteiger partial charge on any atom is 0.171 e. The molecule has 10 aromatic rings. The zero-order valence-corrected chi connectivity index (χ0v) is 27.4. The minimum Gasteiger partial charge on any atom is -0.456 e. The van der Waals surface area contributed by atoms with Crippen LogP contribution in [-0.2, 0) is 4.57 Å². The number of benzene rings is 9. The van der Waals surface area contributed by atoms with Crippen LogP contribution in [0.5, 0.6) is 0 Å². The van der Waals surface area contributed by atoms with E-state index in [0.29, 0.717) is 0 Å². The molecule has 3 heteroatoms. The van der Waals surface area contributed by atoms with E-state index in [4.69, 9.17) is 4.42 Å². The van der Waals surface area contributed by atoms with Crippen LogP contribution < -0.4 is 15.9 Å². The van der Waals surface area contributed by atoms with Gasteiger partial charge in [0.15, 0.2) is 7.14 Å². The topological polar surface area (TPSA) is 30.2 Å². The first-order valence-electron chi connectivity index (χ1n) is 16.6. The summed E-state index contributed by atoms with van der Waals surface area (Å²) in [7, 11) is -3.15. The standard InChI is InChI=1S/C46H29O2P/c47-49(32-12-3-1-4-13-32,33-14-5-2-6-15-33)34-21-26-46-44(28-34)43-27-31(20-25-45(43)48-46)41-29-42-39-22-19-30-11-7-8-16-35(30)38(39)23-24-40(42)36-17-9-10-18-37(36)41/h1-29H. The van der Waals surface area contributed by atoms with Gasteiger partial charge in [-0.05, 0) is 90.6 Å². The maximum atomic E-state index is 15.2. The zero-order chi connectivity index (χ0) is 32.5. The smallest absolute Gasteiger partial charge is 0.171 e. The lowest BCUT2D eigenvalue weighted by atomic mass is 9.89. The van der Waals surface area contributed by atoms with Gasteiger partial charge in [0.05, 0.1) is 0 Å². The lowest BCUT2D eigenvalue weighted by Crippen LogP contribution is -2.24. The Kier molecular flexibility index (Phi) is 6.19. The number of rotatable bonds is 4. The Morgan fingerprint density at radius 1 is 0.347 bits per heavy atom. The van der Waals surface area contributed by atoms with E-state index in [-0.39, 0.29) is 0 Å². The Morgan fingerprint density at radius 3 is 1.59 bits per heavy atom. The average Bonchev–Trinajstić information content (AvgIpc) is 3.55. The fourth-order valence-electron chi connectivity index (χ4n) is 7.77. The summed E-state index contributed by atoms with van der Waals surface area (Å²) >= 11 is 0. The van der Waals surface area contributed by atoms with Crippen LogP contribution in [0.25, 0.3) is 76.2 Å². The molecule has 0 saturated carbocycles. The number of furan rings is 1. The summed E-state index contributed by atoms with van der Waals surface area (Å²) in [6.45, 7) is 0. The third kappa shape index (κ3) is 4.25. The fraction of sp³-hybridized carbons (Fsp3) is 0. The summed E-state index contributed by atoms with van der Waals surface area (Å²) in [4.78, 5) is 0. The van der Waals surface area contributed by atoms with Crippen LogP contribution >= 0.6 is 7.14 Å². The first kappa shape index (κ1) is 28.1. The molecule has 0 aliphatic heterocycles. The first-order chi connectivity index (χ1) is 24.2. The van der Waals surface area contributed by atoms with Crippen molar-refractivity contribution in [2.75, 3.05) is 0 Å². The lowest BCUT2D eigenvalue weighted by molar-refractivity contribution is 0.592. The van der Waals surface area contributed by atoms with Gasteiger partial charge in [0.25, 0.3) is 0 Å². The Labute approximate surface area is 283 Å². The summed E-state index contributed by atoms with van der Waals surface area (Å²) in [6.07, 6.45) is 0. The Morgan fingerprint density at radius 2 is 0.878 bits per heavy atom. The summed E-state index contributed by atoms with van der Waals surface area (Å²) in [5.74, 6) is 0. The van der Waals surface area contributed by atoms with Crippen LogP contribution in [0.15, 0.2) is 180 Å². The van der Waals surface area contributed by atoms with Crippen molar-refractivity contribution in [2.24, 2.45) is 0 Å². The van der Waals surface area contributed by atoms with E-state index in [1.165, 1.54) is 48.7 Å². The van der Waals surface area contributed by atoms with Crippen LogP contribution in [-0.4, -0.2) is 0 Å². The van der Waals surface area contributed by atoms with Crippen LogP contribution in [0.3, 0.4) is 0 Å². The highest BCUT2D eigenvalue weighted by molar-refractivity contribution is 7.85. The Balaban J connectivity index is 1.22. The highest BCUT2D eigenvalue weighted by Crippen LogP contribution is 2.45. The first-order valence-corrected chi connectivity index (χ1v) is 18.3. The molecule has 0 saturated heterocycles. The van der Waals surface area contributed by atoms with Gasteiger partial charge >= 0.3 is 0 Å². The van der Waals surface area contributed by atoms with Crippen LogP contribution in [0.4, 0.5) is 0 Å². The normalized spacial score (nSPS) is 12.2. The molecule has 49 heavy (non-hydrogen) atoms. The van der Waals surface area contributed by atoms with Gasteiger partial charge in [0.1, 0.15) is 11.2 Å². The van der Waals surface area contributed by atoms with Crippen LogP contribution in [0.2, 0.25) is 0 Å². The predicted molar refractivity (Wildman–Crippen MR) is 209 cm³/mol. The zero-order valence-electron chi connectivity index (χ0n) is 26.5. The molecule has 0 unspecified atom stereocenters. The van der Waals surface area contributed by atoms with E-state index in [9.17, 15) is 0 Å². The molecule has 1 heterocycles. The SMILES string of the molecule is O=P(c1ccccc1)(c1ccccc1)c1ccc2oc3ccc(-c4cc5c(ccc6c7ccccc7ccc65)c5ccccc45)cc3c2c1. The lowest BCUT2D eigenvalue weighted by Gasteiger charge is -2.20. The summed E-state index contributed by atoms with van der Waals surface area (Å²) < 4.78 is 21.6. The van der Waals surface area contributed by atoms with Crippen molar-refractivity contribution in [1.82, 2.24) is 0 Å². The van der Waals surface area contributed by atoms with Crippen LogP contribution in [0, 0.1) is 0 Å². The van der Waals surface area contributed by atoms with Gasteiger partial charge < -0.3 is 8.98 Å². The van der Waals surface area contributed by atoms with Gasteiger partial charge in [0, 0.05) is 26.7 Å². The molecule has 0 spiro atoms. The van der Waals surface area contributed by atoms with Crippen molar-refractivity contribution in [1.29, 1.82) is 0 Å². The van der Waals surface area contributed by atoms with E-state index in [1.54, 1.807) is 0 Å². The maximum absolute atomic E-state index is 15.2. The monoisotopic (exact) mass is 644 g/mol. The molecule has 0 aliphatic carbocycles. The van der Waals surface area contributed by atoms with Gasteiger partial charge in [0.2, 0.25) is 0 Å². The van der Waals surface area contributed by atoms with E-state index >= 15 is 4.57 Å². The Hall–Kier alpha value is -5.95. The predicted octanol–water partition coefficient (Wildman–Crippen LogP) is 11.5. The van der Waals surface area contributed by atoms with Gasteiger partial charge in [-0.1, -0.05) is 140 Å². The number of hydrogen-bond donors (Lipinski definition) is 0. The largest absolute Gasteiger partial charge is 0.456 e. The molecule has 0 radical (unpaired) electrons. The molecule has 0 bridgehead atoms. The summed E-state index contributed by atoms with van der Waals surface area (Å²) in [5, 5.41) is 14.3. The van der Waals surface area contributed by atoms with Crippen molar-refractivity contribution in [3.63, 3.8) is 0 Å². The summed E-state index contributed by atoms with van der Waals surface area (Å²) in [6, 6.07) is 60.9. The second-order valence-electron chi connectivity index (χ2n) is 12.8. The van der Waals surface area contributed by atoms with Crippen molar-refractivity contribution < 1.29 is 8.98 Å². The van der Waals surface area contributed by atoms with Crippen molar-refractivity contribution in [3.05, 3.63) is 176 Å². The van der Waals surface area contributed by atoms with Crippen molar-refractivity contribution in [2.45, 2.75) is 0 Å². The molecule has 10 rings (SSSR count). The molecular formula is C46H29O2P. The quantitative estimate of drug-likeness (QED) is 0.141. The third-order valence-corrected chi connectivity index (χ3v) is 13.2. The molecule has 230 valence electrons. The van der Waals surface area contributed by atoms with E-state index < -0.39 is 7.14 Å².